The molecule has 0 bridgehead atoms. The van der Waals surface area contributed by atoms with Gasteiger partial charge in [0.2, 0.25) is 5.78 Å². The summed E-state index contributed by atoms with van der Waals surface area (Å²) in [5.74, 6) is -0.410. The fourth-order valence-electron chi connectivity index (χ4n) is 5.37. The van der Waals surface area contributed by atoms with Gasteiger partial charge in [-0.3, -0.25) is 14.4 Å². The Morgan fingerprint density at radius 3 is 1.77 bits per heavy atom. The van der Waals surface area contributed by atoms with E-state index in [4.69, 9.17) is 4.74 Å². The first kappa shape index (κ1) is 27.4. The van der Waals surface area contributed by atoms with Gasteiger partial charge in [0.05, 0.1) is 5.56 Å². The Bertz CT molecular complexity index is 1390. The van der Waals surface area contributed by atoms with Gasteiger partial charge in [0.15, 0.2) is 0 Å². The number of aryl methyl sites for hydroxylation is 1. The van der Waals surface area contributed by atoms with E-state index in [1.54, 1.807) is 46.2 Å². The summed E-state index contributed by atoms with van der Waals surface area (Å²) >= 11 is 0. The lowest BCUT2D eigenvalue weighted by atomic mass is 9.77. The minimum atomic E-state index is -4.41. The van der Waals surface area contributed by atoms with E-state index in [1.807, 2.05) is 19.1 Å². The van der Waals surface area contributed by atoms with Crippen LogP contribution in [0, 0.1) is 12.3 Å². The molecule has 0 radical (unpaired) electrons. The Hall–Kier alpha value is -4.14. The number of hydrogen-bond acceptors (Lipinski definition) is 4. The van der Waals surface area contributed by atoms with E-state index in [0.29, 0.717) is 43.1 Å². The second-order valence-corrected chi connectivity index (χ2v) is 10.6. The SMILES string of the molecule is Cc1ccc(C(=O)C(=O)N2CCC3(CCN(C(=O)c4ccc(Oc5ccc(C(F)(F)F)cc5)cc4)CC3)C2)cc1. The standard InChI is InChI=1S/C31H29F3N2O4/c1-21-2-4-22(5-3-21)27(37)29(39)36-19-16-30(20-36)14-17-35(18-15-30)28(38)23-6-10-25(11-7-23)40-26-12-8-24(9-13-26)31(32,33)34/h2-13H,14-20H2,1H3. The van der Waals surface area contributed by atoms with Crippen molar-refractivity contribution in [3.8, 4) is 11.5 Å². The monoisotopic (exact) mass is 550 g/mol. The zero-order valence-corrected chi connectivity index (χ0v) is 22.0. The third-order valence-corrected chi connectivity index (χ3v) is 7.86. The highest BCUT2D eigenvalue weighted by Crippen LogP contribution is 2.41. The van der Waals surface area contributed by atoms with Gasteiger partial charge in [0.1, 0.15) is 11.5 Å². The number of ketones is 1. The van der Waals surface area contributed by atoms with E-state index in [1.165, 1.54) is 12.1 Å². The first-order valence-corrected chi connectivity index (χ1v) is 13.2. The molecule has 0 aliphatic carbocycles. The van der Waals surface area contributed by atoms with Crippen molar-refractivity contribution in [2.24, 2.45) is 5.41 Å². The van der Waals surface area contributed by atoms with Crippen LogP contribution in [0.15, 0.2) is 72.8 Å². The zero-order valence-electron chi connectivity index (χ0n) is 22.0. The van der Waals surface area contributed by atoms with Crippen molar-refractivity contribution >= 4 is 17.6 Å². The second-order valence-electron chi connectivity index (χ2n) is 10.6. The van der Waals surface area contributed by atoms with Gasteiger partial charge in [-0.15, -0.1) is 0 Å². The highest BCUT2D eigenvalue weighted by molar-refractivity contribution is 6.42. The Labute approximate surface area is 230 Å². The van der Waals surface area contributed by atoms with E-state index in [2.05, 4.69) is 0 Å². The van der Waals surface area contributed by atoms with E-state index >= 15 is 0 Å². The van der Waals surface area contributed by atoms with Crippen LogP contribution in [0.3, 0.4) is 0 Å². The summed E-state index contributed by atoms with van der Waals surface area (Å²) in [7, 11) is 0. The lowest BCUT2D eigenvalue weighted by Crippen LogP contribution is -2.45. The minimum Gasteiger partial charge on any atom is -0.457 e. The van der Waals surface area contributed by atoms with Gasteiger partial charge in [0, 0.05) is 37.3 Å². The van der Waals surface area contributed by atoms with Crippen LogP contribution in [-0.4, -0.2) is 53.6 Å². The molecule has 5 rings (SSSR count). The number of amides is 2. The molecule has 3 aromatic rings. The number of hydrogen-bond donors (Lipinski definition) is 0. The van der Waals surface area contributed by atoms with Gasteiger partial charge in [0.25, 0.3) is 11.8 Å². The first-order chi connectivity index (χ1) is 19.0. The maximum atomic E-state index is 13.1. The van der Waals surface area contributed by atoms with Crippen molar-refractivity contribution in [2.45, 2.75) is 32.4 Å². The average Bonchev–Trinajstić information content (AvgIpc) is 3.36. The second kappa shape index (κ2) is 10.8. The number of likely N-dealkylation sites (tertiary alicyclic amines) is 2. The van der Waals surface area contributed by atoms with Crippen LogP contribution in [-0.2, 0) is 11.0 Å². The van der Waals surface area contributed by atoms with Crippen LogP contribution >= 0.6 is 0 Å². The van der Waals surface area contributed by atoms with Crippen LogP contribution in [0.1, 0.15) is 51.1 Å². The third-order valence-electron chi connectivity index (χ3n) is 7.86. The average molecular weight is 551 g/mol. The van der Waals surface area contributed by atoms with Gasteiger partial charge in [-0.05, 0) is 80.1 Å². The number of halogens is 3. The van der Waals surface area contributed by atoms with E-state index in [0.717, 1.165) is 37.0 Å². The zero-order chi connectivity index (χ0) is 28.5. The van der Waals surface area contributed by atoms with E-state index in [9.17, 15) is 27.6 Å². The molecule has 40 heavy (non-hydrogen) atoms. The molecule has 0 unspecified atom stereocenters. The molecule has 0 aromatic heterocycles. The predicted molar refractivity (Wildman–Crippen MR) is 142 cm³/mol. The number of nitrogens with zero attached hydrogens (tertiary/aromatic N) is 2. The topological polar surface area (TPSA) is 66.9 Å². The molecule has 0 N–H and O–H groups in total. The smallest absolute Gasteiger partial charge is 0.416 e. The normalized spacial score (nSPS) is 16.7. The van der Waals surface area contributed by atoms with Crippen LogP contribution in [0.5, 0.6) is 11.5 Å². The molecule has 6 nitrogen and oxygen atoms in total. The van der Waals surface area contributed by atoms with Crippen LogP contribution < -0.4 is 4.74 Å². The summed E-state index contributed by atoms with van der Waals surface area (Å²) in [6, 6.07) is 17.9. The molecular formula is C31H29F3N2O4. The summed E-state index contributed by atoms with van der Waals surface area (Å²) in [5, 5.41) is 0. The highest BCUT2D eigenvalue weighted by atomic mass is 19.4. The maximum Gasteiger partial charge on any atom is 0.416 e. The van der Waals surface area contributed by atoms with Gasteiger partial charge < -0.3 is 14.5 Å². The van der Waals surface area contributed by atoms with Crippen molar-refractivity contribution in [2.75, 3.05) is 26.2 Å². The predicted octanol–water partition coefficient (Wildman–Crippen LogP) is 6.14. The molecule has 1 spiro atoms. The molecule has 0 saturated carbocycles. The van der Waals surface area contributed by atoms with Gasteiger partial charge in [-0.2, -0.15) is 13.2 Å². The molecular weight excluding hydrogens is 521 g/mol. The molecule has 9 heteroatoms. The van der Waals surface area contributed by atoms with E-state index in [-0.39, 0.29) is 17.1 Å². The maximum absolute atomic E-state index is 13.1. The van der Waals surface area contributed by atoms with Gasteiger partial charge in [-0.25, -0.2) is 0 Å². The number of carbonyl (C=O) groups is 3. The lowest BCUT2D eigenvalue weighted by Gasteiger charge is -2.39. The van der Waals surface area contributed by atoms with E-state index < -0.39 is 23.4 Å². The molecule has 2 aliphatic rings. The Morgan fingerprint density at radius 2 is 1.23 bits per heavy atom. The highest BCUT2D eigenvalue weighted by Gasteiger charge is 2.44. The molecule has 0 atom stereocenters. The van der Waals surface area contributed by atoms with Gasteiger partial charge >= 0.3 is 6.18 Å². The summed E-state index contributed by atoms with van der Waals surface area (Å²) in [5.41, 5.74) is 1.05. The summed E-state index contributed by atoms with van der Waals surface area (Å²) in [4.78, 5) is 42.1. The molecule has 2 saturated heterocycles. The van der Waals surface area contributed by atoms with Crippen LogP contribution in [0.2, 0.25) is 0 Å². The molecule has 2 fully saturated rings. The molecule has 2 heterocycles. The first-order valence-electron chi connectivity index (χ1n) is 13.2. The minimum absolute atomic E-state index is 0.0979. The van der Waals surface area contributed by atoms with Crippen molar-refractivity contribution in [3.05, 3.63) is 95.1 Å². The molecule has 208 valence electrons. The number of Topliss-reactive ketones (excluding diaryl/α,β-unsaturated/α-hetero) is 1. The van der Waals surface area contributed by atoms with Crippen molar-refractivity contribution in [1.82, 2.24) is 9.80 Å². The Morgan fingerprint density at radius 1 is 0.725 bits per heavy atom. The fourth-order valence-corrected chi connectivity index (χ4v) is 5.37. The van der Waals surface area contributed by atoms with Crippen LogP contribution in [0.25, 0.3) is 0 Å². The van der Waals surface area contributed by atoms with Gasteiger partial charge in [-0.1, -0.05) is 29.8 Å². The van der Waals surface area contributed by atoms with Crippen molar-refractivity contribution in [3.63, 3.8) is 0 Å². The van der Waals surface area contributed by atoms with Crippen LogP contribution in [0.4, 0.5) is 13.2 Å². The number of alkyl halides is 3. The van der Waals surface area contributed by atoms with Crippen molar-refractivity contribution < 1.29 is 32.3 Å². The Kier molecular flexibility index (Phi) is 7.40. The largest absolute Gasteiger partial charge is 0.457 e. The number of carbonyl (C=O) groups excluding carboxylic acids is 3. The fraction of sp³-hybridized carbons (Fsp3) is 0.323. The molecule has 2 amide bonds. The Balaban J connectivity index is 1.14. The molecule has 2 aliphatic heterocycles. The number of piperidine rings is 1. The number of ether oxygens (including phenoxy) is 1. The number of rotatable bonds is 5. The molecule has 3 aromatic carbocycles. The lowest BCUT2D eigenvalue weighted by molar-refractivity contribution is -0.137. The summed E-state index contributed by atoms with van der Waals surface area (Å²) < 4.78 is 43.9. The summed E-state index contributed by atoms with van der Waals surface area (Å²) in [6.07, 6.45) is -2.12. The van der Waals surface area contributed by atoms with Crippen molar-refractivity contribution in [1.29, 1.82) is 0 Å². The third kappa shape index (κ3) is 5.88. The summed E-state index contributed by atoms with van der Waals surface area (Å²) in [6.45, 7) is 4.08. The quantitative estimate of drug-likeness (QED) is 0.283. The number of benzene rings is 3.